The Morgan fingerprint density at radius 1 is 1.26 bits per heavy atom. The number of para-hydroxylation sites is 2. The topological polar surface area (TPSA) is 83.7 Å². The highest BCUT2D eigenvalue weighted by atomic mass is 16.6. The van der Waals surface area contributed by atoms with Crippen LogP contribution in [-0.4, -0.2) is 25.8 Å². The van der Waals surface area contributed by atoms with Crippen LogP contribution in [-0.2, 0) is 9.63 Å². The summed E-state index contributed by atoms with van der Waals surface area (Å²) in [6.45, 7) is -0.259. The normalized spacial score (nSPS) is 10.1. The van der Waals surface area contributed by atoms with Gasteiger partial charge in [0, 0.05) is 5.56 Å². The van der Waals surface area contributed by atoms with Gasteiger partial charge in [-0.3, -0.25) is 4.79 Å². The zero-order valence-corrected chi connectivity index (χ0v) is 12.5. The number of hydrogen-bond donors (Lipinski definition) is 1. The predicted molar refractivity (Wildman–Crippen MR) is 86.3 cm³/mol. The first-order chi connectivity index (χ1) is 11.2. The molecule has 0 heterocycles. The summed E-state index contributed by atoms with van der Waals surface area (Å²) >= 11 is 0. The number of anilines is 1. The number of carbonyl (C=O) groups excluding carboxylic acids is 1. The smallest absolute Gasteiger partial charge is 0.265 e. The number of amides is 1. The number of carbonyl (C=O) groups is 1. The minimum Gasteiger partial charge on any atom is -0.496 e. The summed E-state index contributed by atoms with van der Waals surface area (Å²) in [6, 6.07) is 16.0. The quantitative estimate of drug-likeness (QED) is 0.656. The minimum absolute atomic E-state index is 0.259. The van der Waals surface area contributed by atoms with Gasteiger partial charge in [0.25, 0.3) is 5.91 Å². The summed E-state index contributed by atoms with van der Waals surface area (Å²) < 4.78 is 5.17. The molecule has 2 aromatic rings. The van der Waals surface area contributed by atoms with Gasteiger partial charge < -0.3 is 14.9 Å². The highest BCUT2D eigenvalue weighted by Crippen LogP contribution is 2.15. The van der Waals surface area contributed by atoms with Crippen LogP contribution in [0.2, 0.25) is 0 Å². The van der Waals surface area contributed by atoms with Gasteiger partial charge in [0.05, 0.1) is 24.6 Å². The van der Waals surface area contributed by atoms with Crippen molar-refractivity contribution in [2.75, 3.05) is 19.0 Å². The zero-order valence-electron chi connectivity index (χ0n) is 12.5. The molecule has 0 aliphatic heterocycles. The Hall–Kier alpha value is -3.33. The highest BCUT2D eigenvalue weighted by molar-refractivity contribution is 5.93. The van der Waals surface area contributed by atoms with E-state index in [4.69, 9.17) is 14.8 Å². The molecule has 0 saturated carbocycles. The lowest BCUT2D eigenvalue weighted by atomic mass is 10.2. The molecule has 6 nitrogen and oxygen atoms in total. The fourth-order valence-electron chi connectivity index (χ4n) is 1.84. The average molecular weight is 309 g/mol. The maximum Gasteiger partial charge on any atom is 0.265 e. The van der Waals surface area contributed by atoms with E-state index in [1.165, 1.54) is 6.21 Å². The largest absolute Gasteiger partial charge is 0.496 e. The monoisotopic (exact) mass is 309 g/mol. The molecule has 0 aromatic heterocycles. The summed E-state index contributed by atoms with van der Waals surface area (Å²) in [6.07, 6.45) is 1.47. The Labute approximate surface area is 133 Å². The Balaban J connectivity index is 1.88. The maximum absolute atomic E-state index is 11.8. The summed E-state index contributed by atoms with van der Waals surface area (Å²) in [5.74, 6) is 0.261. The number of benzene rings is 2. The number of rotatable bonds is 6. The standard InChI is InChI=1S/C17H15N3O3/c1-22-16-9-5-3-7-14(16)11-19-23-12-17(21)20-15-8-4-2-6-13(15)10-18/h2-9,11H,12H2,1H3,(H,20,21)/b19-11+. The molecular weight excluding hydrogens is 294 g/mol. The average Bonchev–Trinajstić information content (AvgIpc) is 2.59. The van der Waals surface area contributed by atoms with Gasteiger partial charge in [-0.05, 0) is 24.3 Å². The number of ether oxygens (including phenoxy) is 1. The van der Waals surface area contributed by atoms with E-state index in [9.17, 15) is 4.79 Å². The van der Waals surface area contributed by atoms with Crippen molar-refractivity contribution in [1.29, 1.82) is 5.26 Å². The van der Waals surface area contributed by atoms with Gasteiger partial charge in [-0.2, -0.15) is 5.26 Å². The Kier molecular flexibility index (Phi) is 5.72. The van der Waals surface area contributed by atoms with Crippen molar-refractivity contribution in [3.8, 4) is 11.8 Å². The second-order valence-electron chi connectivity index (χ2n) is 4.46. The van der Waals surface area contributed by atoms with Crippen molar-refractivity contribution in [3.63, 3.8) is 0 Å². The summed E-state index contributed by atoms with van der Waals surface area (Å²) in [7, 11) is 1.56. The summed E-state index contributed by atoms with van der Waals surface area (Å²) in [4.78, 5) is 16.7. The third-order valence-corrected chi connectivity index (χ3v) is 2.92. The second kappa shape index (κ2) is 8.20. The first-order valence-electron chi connectivity index (χ1n) is 6.82. The first kappa shape index (κ1) is 16.0. The van der Waals surface area contributed by atoms with Crippen LogP contribution in [0.15, 0.2) is 53.7 Å². The maximum atomic E-state index is 11.8. The van der Waals surface area contributed by atoms with Gasteiger partial charge in [-0.1, -0.05) is 29.4 Å². The number of nitriles is 1. The Bertz CT molecular complexity index is 751. The summed E-state index contributed by atoms with van der Waals surface area (Å²) in [5, 5.41) is 15.3. The number of nitrogens with one attached hydrogen (secondary N) is 1. The van der Waals surface area contributed by atoms with Crippen molar-refractivity contribution in [1.82, 2.24) is 0 Å². The molecule has 0 atom stereocenters. The molecule has 116 valence electrons. The number of methoxy groups -OCH3 is 1. The van der Waals surface area contributed by atoms with E-state index < -0.39 is 5.91 Å². The Morgan fingerprint density at radius 2 is 2.00 bits per heavy atom. The summed E-state index contributed by atoms with van der Waals surface area (Å²) in [5.41, 5.74) is 1.57. The molecule has 1 N–H and O–H groups in total. The molecule has 0 unspecified atom stereocenters. The molecule has 0 bridgehead atoms. The van der Waals surface area contributed by atoms with Crippen LogP contribution in [0.1, 0.15) is 11.1 Å². The van der Waals surface area contributed by atoms with E-state index in [1.54, 1.807) is 37.4 Å². The van der Waals surface area contributed by atoms with E-state index in [-0.39, 0.29) is 6.61 Å². The van der Waals surface area contributed by atoms with Crippen LogP contribution in [0.5, 0.6) is 5.75 Å². The van der Waals surface area contributed by atoms with E-state index in [0.717, 1.165) is 5.56 Å². The Morgan fingerprint density at radius 3 is 2.78 bits per heavy atom. The molecule has 0 radical (unpaired) electrons. The van der Waals surface area contributed by atoms with Gasteiger partial charge in [0.2, 0.25) is 0 Å². The second-order valence-corrected chi connectivity index (χ2v) is 4.46. The van der Waals surface area contributed by atoms with E-state index >= 15 is 0 Å². The number of oxime groups is 1. The molecule has 6 heteroatoms. The van der Waals surface area contributed by atoms with Crippen molar-refractivity contribution in [2.45, 2.75) is 0 Å². The van der Waals surface area contributed by atoms with Gasteiger partial charge in [0.15, 0.2) is 6.61 Å². The van der Waals surface area contributed by atoms with Gasteiger partial charge in [0.1, 0.15) is 11.8 Å². The number of nitrogens with zero attached hydrogens (tertiary/aromatic N) is 2. The van der Waals surface area contributed by atoms with Crippen molar-refractivity contribution in [3.05, 3.63) is 59.7 Å². The molecule has 2 aromatic carbocycles. The third-order valence-electron chi connectivity index (χ3n) is 2.92. The van der Waals surface area contributed by atoms with Crippen LogP contribution in [0.25, 0.3) is 0 Å². The highest BCUT2D eigenvalue weighted by Gasteiger charge is 2.06. The fraction of sp³-hybridized carbons (Fsp3) is 0.118. The van der Waals surface area contributed by atoms with E-state index in [0.29, 0.717) is 17.0 Å². The van der Waals surface area contributed by atoms with Crippen LogP contribution in [0, 0.1) is 11.3 Å². The van der Waals surface area contributed by atoms with Gasteiger partial charge in [-0.15, -0.1) is 0 Å². The van der Waals surface area contributed by atoms with Crippen molar-refractivity contribution < 1.29 is 14.4 Å². The lowest BCUT2D eigenvalue weighted by molar-refractivity contribution is -0.120. The SMILES string of the molecule is COc1ccccc1/C=N/OCC(=O)Nc1ccccc1C#N. The lowest BCUT2D eigenvalue weighted by Gasteiger charge is -2.06. The van der Waals surface area contributed by atoms with Crippen LogP contribution in [0.3, 0.4) is 0 Å². The zero-order chi connectivity index (χ0) is 16.5. The molecule has 1 amide bonds. The van der Waals surface area contributed by atoms with Gasteiger partial charge in [-0.25, -0.2) is 0 Å². The van der Waals surface area contributed by atoms with E-state index in [1.807, 2.05) is 24.3 Å². The third kappa shape index (κ3) is 4.58. The van der Waals surface area contributed by atoms with Crippen LogP contribution < -0.4 is 10.1 Å². The first-order valence-corrected chi connectivity index (χ1v) is 6.82. The van der Waals surface area contributed by atoms with Crippen LogP contribution >= 0.6 is 0 Å². The van der Waals surface area contributed by atoms with Crippen LogP contribution in [0.4, 0.5) is 5.69 Å². The number of hydrogen-bond acceptors (Lipinski definition) is 5. The van der Waals surface area contributed by atoms with Gasteiger partial charge >= 0.3 is 0 Å². The minimum atomic E-state index is -0.398. The molecule has 0 fully saturated rings. The molecular formula is C17H15N3O3. The lowest BCUT2D eigenvalue weighted by Crippen LogP contribution is -2.17. The molecule has 0 spiro atoms. The van der Waals surface area contributed by atoms with Crippen molar-refractivity contribution >= 4 is 17.8 Å². The fourth-order valence-corrected chi connectivity index (χ4v) is 1.84. The molecule has 0 aliphatic carbocycles. The molecule has 0 saturated heterocycles. The molecule has 2 rings (SSSR count). The van der Waals surface area contributed by atoms with Crippen molar-refractivity contribution in [2.24, 2.45) is 5.16 Å². The molecule has 0 aliphatic rings. The van der Waals surface area contributed by atoms with E-state index in [2.05, 4.69) is 10.5 Å². The molecule has 23 heavy (non-hydrogen) atoms. The predicted octanol–water partition coefficient (Wildman–Crippen LogP) is 2.56.